The SMILES string of the molecule is Cl.Cl.Cl.[Ca+2].[Ca+2].[Ca+2].[Ca+2].[Ca+2].[Ca+2].[Ca+2].[Ca+2].[Ca+2].[Ca+2].[Ca+2].[Ca+2].[Ca+2].[Ca+2].[Ca+2].[Ca+2].[Ca+2].[Ca+2].[Ca+2].[Ca+2].[Ca+2].[Ca+2].[Ca+2].[Ca+2].[Ca+2].[Ca+2].[Ca+2].[Ca+2].[Ca+2].[Ca+2].[Ca+2].[Ca+2].[Ca+2].[Ca+2].[Ca+2].[Ca+2].[Ca+2].[Ca+2].[Ca+2].[Ca+2].[Ca+2].[Ca+2].[Ca+2].[Ca+2].[Ca+2].[Ca+2].[Ca+2].[Ca+2].[Ca+2].[Ca+2].[Ca+2].[Ca+2].[Ca+2].[Ca+2].[Ca+2].[Ca+2].[Ca+2].[Ca+2].[Ca+2].[Ca+2].[Ca+2].[Ca+2].[Ca+2].[Ca+2].[Ca+2].[Ca+2].[Ca+2].[Ca+2]. The average molecular weight is 2830 g/mol. The Morgan fingerprint density at radius 2 is 0.0282 bits per heavy atom. The second kappa shape index (κ2) is 506. The van der Waals surface area contributed by atoms with Crippen molar-refractivity contribution in [1.82, 2.24) is 0 Å². The van der Waals surface area contributed by atoms with Crippen LogP contribution in [-0.2, 0) is 0 Å². The van der Waals surface area contributed by atoms with Crippen LogP contribution in [0.1, 0.15) is 0 Å². The third-order valence-corrected chi connectivity index (χ3v) is 0. The van der Waals surface area contributed by atoms with Crippen molar-refractivity contribution >= 4 is 2600 Å². The zero-order chi connectivity index (χ0) is 0. The van der Waals surface area contributed by atoms with Crippen molar-refractivity contribution in [2.45, 2.75) is 0 Å². The van der Waals surface area contributed by atoms with Gasteiger partial charge >= 0.3 is 2570 Å². The second-order valence-corrected chi connectivity index (χ2v) is 0. The van der Waals surface area contributed by atoms with Crippen LogP contribution in [0, 0.1) is 0 Å². The van der Waals surface area contributed by atoms with E-state index in [1.54, 1.807) is 0 Å². The molecule has 0 aliphatic carbocycles. The Hall–Kier alpha value is 86.5. The molecule has 0 radical (unpaired) electrons. The standard InChI is InChI=1S/68Ca.3ClH/h;;;;;;;;;;;;;;;;;;;;;;;;;;;;;;;;;;;;;;;;;;;;;;;;;;;;;;;;;;;;;;;;;;;;3*1H/q68*+2;;;. The monoisotopic (exact) mass is 2830 g/mol. The van der Waals surface area contributed by atoms with Crippen molar-refractivity contribution in [1.29, 1.82) is 0 Å². The van der Waals surface area contributed by atoms with E-state index in [0.29, 0.717) is 0 Å². The number of rotatable bonds is 0. The summed E-state index contributed by atoms with van der Waals surface area (Å²) in [6, 6.07) is 0. The number of halogens is 3. The first kappa shape index (κ1) is 515. The van der Waals surface area contributed by atoms with Crippen molar-refractivity contribution in [3.8, 4) is 0 Å². The van der Waals surface area contributed by atoms with Gasteiger partial charge in [-0.2, -0.15) is 0 Å². The van der Waals surface area contributed by atoms with E-state index in [4.69, 9.17) is 0 Å². The number of hydrogen-bond acceptors (Lipinski definition) is 0. The molecule has 0 bridgehead atoms. The molecule has 71 heteroatoms. The Morgan fingerprint density at radius 3 is 0.0282 bits per heavy atom. The van der Waals surface area contributed by atoms with Gasteiger partial charge in [-0.25, -0.2) is 0 Å². The zero-order valence-electron chi connectivity index (χ0n) is 49.3. The molecule has 0 aromatic carbocycles. The molecular weight excluding hydrogens is 2830 g/mol. The zero-order valence-corrected chi connectivity index (χ0v) is 202. The second-order valence-electron chi connectivity index (χ2n) is 0. The van der Waals surface area contributed by atoms with Gasteiger partial charge in [0.25, 0.3) is 0 Å². The summed E-state index contributed by atoms with van der Waals surface area (Å²) >= 11 is 0. The van der Waals surface area contributed by atoms with E-state index in [9.17, 15) is 0 Å². The summed E-state index contributed by atoms with van der Waals surface area (Å²) in [5.41, 5.74) is 0. The molecule has 0 amide bonds. The largest absolute Gasteiger partial charge is 2.00 e. The van der Waals surface area contributed by atoms with Gasteiger partial charge in [0.2, 0.25) is 0 Å². The van der Waals surface area contributed by atoms with E-state index in [1.807, 2.05) is 0 Å². The van der Waals surface area contributed by atoms with Crippen molar-refractivity contribution in [2.24, 2.45) is 0 Å². The third kappa shape index (κ3) is 499. The smallest absolute Gasteiger partial charge is 0.147 e. The Morgan fingerprint density at radius 1 is 0.0282 bits per heavy atom. The molecule has 0 spiro atoms. The first-order valence-corrected chi connectivity index (χ1v) is 0. The van der Waals surface area contributed by atoms with Crippen LogP contribution >= 0.6 is 37.2 Å². The first-order valence-electron chi connectivity index (χ1n) is 0. The Bertz CT molecular complexity index is 17.9. The maximum absolute atomic E-state index is 0. The van der Waals surface area contributed by atoms with Gasteiger partial charge < -0.3 is 0 Å². The molecule has 0 nitrogen and oxygen atoms in total. The van der Waals surface area contributed by atoms with Crippen LogP contribution in [0.5, 0.6) is 0 Å². The summed E-state index contributed by atoms with van der Waals surface area (Å²) in [6.45, 7) is 0. The van der Waals surface area contributed by atoms with Crippen LogP contribution in [0.25, 0.3) is 0 Å². The van der Waals surface area contributed by atoms with Crippen molar-refractivity contribution in [2.75, 3.05) is 0 Å². The van der Waals surface area contributed by atoms with Crippen LogP contribution in [-0.4, -0.2) is 2570 Å². The summed E-state index contributed by atoms with van der Waals surface area (Å²) in [5.74, 6) is 0. The van der Waals surface area contributed by atoms with E-state index in [-0.39, 0.29) is 2600 Å². The fraction of sp³-hybridized carbons (Fsp3) is 0. The predicted octanol–water partition coefficient (Wildman–Crippen LogP) is -24.6. The van der Waals surface area contributed by atoms with Gasteiger partial charge in [-0.3, -0.25) is 0 Å². The minimum absolute atomic E-state index is 0. The van der Waals surface area contributed by atoms with Crippen LogP contribution in [0.2, 0.25) is 0 Å². The van der Waals surface area contributed by atoms with E-state index in [1.165, 1.54) is 0 Å². The topological polar surface area (TPSA) is 0 Å². The number of hydrogen-bond donors (Lipinski definition) is 0. The van der Waals surface area contributed by atoms with Gasteiger partial charge in [-0.1, -0.05) is 0 Å². The Labute approximate surface area is 2490 Å². The average Bonchev–Trinajstić information content (AvgIpc) is 0. The van der Waals surface area contributed by atoms with Crippen LogP contribution in [0.3, 0.4) is 0 Å². The van der Waals surface area contributed by atoms with Crippen molar-refractivity contribution in [3.05, 3.63) is 0 Å². The van der Waals surface area contributed by atoms with Gasteiger partial charge in [0, 0.05) is 0 Å². The van der Waals surface area contributed by atoms with E-state index in [2.05, 4.69) is 0 Å². The van der Waals surface area contributed by atoms with E-state index >= 15 is 0 Å². The molecular formula is H3Ca68Cl3+136. The maximum Gasteiger partial charge on any atom is 2.00 e. The fourth-order valence-corrected chi connectivity index (χ4v) is 0. The summed E-state index contributed by atoms with van der Waals surface area (Å²) in [7, 11) is 0. The molecule has 0 aliphatic rings. The fourth-order valence-electron chi connectivity index (χ4n) is 0. The molecule has 0 atom stereocenters. The molecule has 0 saturated carbocycles. The Kier molecular flexibility index (Phi) is 3670. The molecule has 0 aliphatic heterocycles. The van der Waals surface area contributed by atoms with Gasteiger partial charge in [0.05, 0.1) is 0 Å². The maximum atomic E-state index is 0. The minimum atomic E-state index is 0. The minimum Gasteiger partial charge on any atom is -0.147 e. The summed E-state index contributed by atoms with van der Waals surface area (Å²) < 4.78 is 0. The molecule has 0 aromatic rings. The summed E-state index contributed by atoms with van der Waals surface area (Å²) in [6.07, 6.45) is 0. The van der Waals surface area contributed by atoms with Crippen LogP contribution in [0.15, 0.2) is 0 Å². The predicted molar refractivity (Wildman–Crippen MR) is 413 cm³/mol. The molecule has 0 saturated heterocycles. The van der Waals surface area contributed by atoms with Crippen molar-refractivity contribution < 1.29 is 0 Å². The van der Waals surface area contributed by atoms with Gasteiger partial charge in [0.15, 0.2) is 0 Å². The van der Waals surface area contributed by atoms with Crippen LogP contribution < -0.4 is 0 Å². The molecule has 0 rings (SSSR count). The molecule has 0 aromatic heterocycles. The van der Waals surface area contributed by atoms with Crippen LogP contribution in [0.4, 0.5) is 0 Å². The van der Waals surface area contributed by atoms with Gasteiger partial charge in [-0.15, -0.1) is 37.2 Å². The third-order valence-electron chi connectivity index (χ3n) is 0. The molecule has 24 valence electrons. The summed E-state index contributed by atoms with van der Waals surface area (Å²) in [4.78, 5) is 0. The van der Waals surface area contributed by atoms with E-state index < -0.39 is 0 Å². The molecule has 0 heterocycles. The molecule has 71 heavy (non-hydrogen) atoms. The Balaban J connectivity index is 0. The summed E-state index contributed by atoms with van der Waals surface area (Å²) in [5, 5.41) is 0. The van der Waals surface area contributed by atoms with Gasteiger partial charge in [-0.05, 0) is 0 Å². The quantitative estimate of drug-likeness (QED) is 0.212. The molecule has 0 unspecified atom stereocenters. The normalized spacial score (nSPS) is 0. The first-order chi connectivity index (χ1) is 0. The van der Waals surface area contributed by atoms with E-state index in [0.717, 1.165) is 0 Å². The molecule has 0 fully saturated rings. The van der Waals surface area contributed by atoms with Crippen molar-refractivity contribution in [3.63, 3.8) is 0 Å². The molecule has 0 N–H and O–H groups in total. The van der Waals surface area contributed by atoms with Gasteiger partial charge in [0.1, 0.15) is 0 Å².